The summed E-state index contributed by atoms with van der Waals surface area (Å²) in [6.45, 7) is 22.7. The molecule has 0 heterocycles. The highest BCUT2D eigenvalue weighted by atomic mass is 16.2. The van der Waals surface area contributed by atoms with E-state index in [-0.39, 0.29) is 23.6 Å². The molecule has 0 aliphatic carbocycles. The van der Waals surface area contributed by atoms with Gasteiger partial charge < -0.3 is 41.3 Å². The number of unbranched alkanes of at least 4 members (excludes halogenated alkanes) is 36. The van der Waals surface area contributed by atoms with Crippen LogP contribution < -0.4 is 26.6 Å². The van der Waals surface area contributed by atoms with Crippen molar-refractivity contribution in [3.05, 3.63) is 0 Å². The smallest absolute Gasteiger partial charge is 0.221 e. The second kappa shape index (κ2) is 65.3. The number of hydrogen-bond acceptors (Lipinski definition) is 8. The zero-order chi connectivity index (χ0) is 59.0. The van der Waals surface area contributed by atoms with Crippen molar-refractivity contribution in [1.82, 2.24) is 41.3 Å². The van der Waals surface area contributed by atoms with Gasteiger partial charge in [-0.25, -0.2) is 0 Å². The Bertz CT molecular complexity index is 1300. The molecule has 4 amide bonds. The van der Waals surface area contributed by atoms with Gasteiger partial charge in [-0.3, -0.25) is 19.2 Å². The van der Waals surface area contributed by atoms with Crippen molar-refractivity contribution in [3.8, 4) is 0 Å². The highest BCUT2D eigenvalue weighted by Gasteiger charge is 2.15. The minimum atomic E-state index is 0.0968. The second-order valence-corrected chi connectivity index (χ2v) is 24.4. The number of carbonyl (C=O) groups excluding carboxylic acids is 4. The SMILES string of the molecule is CCCCCCCCCCCCNC(=O)CCN(CCNCCN(CCC(=O)NCCCCCCCCCCCC)CCN(CCC)CCC(=O)NCCCCCCCCCCCC)CCC(=O)NCCCCCCCCCCCC. The number of carbonyl (C=O) groups is 4. The quantitative estimate of drug-likeness (QED) is 0.0380. The number of amides is 4. The normalized spacial score (nSPS) is 11.6. The van der Waals surface area contributed by atoms with Crippen LogP contribution in [0.5, 0.6) is 0 Å². The fourth-order valence-electron chi connectivity index (χ4n) is 11.0. The third-order valence-electron chi connectivity index (χ3n) is 16.5. The van der Waals surface area contributed by atoms with Crippen molar-refractivity contribution in [2.45, 2.75) is 324 Å². The Balaban J connectivity index is 5.28. The Morgan fingerprint density at radius 1 is 0.210 bits per heavy atom. The third kappa shape index (κ3) is 60.6. The van der Waals surface area contributed by atoms with Gasteiger partial charge >= 0.3 is 0 Å². The van der Waals surface area contributed by atoms with E-state index < -0.39 is 0 Å². The van der Waals surface area contributed by atoms with E-state index in [9.17, 15) is 19.2 Å². The number of nitrogens with zero attached hydrogens (tertiary/aromatic N) is 3. The first-order chi connectivity index (χ1) is 39.8. The molecule has 0 atom stereocenters. The second-order valence-electron chi connectivity index (χ2n) is 24.4. The molecule has 0 saturated heterocycles. The zero-order valence-corrected chi connectivity index (χ0v) is 54.9. The van der Waals surface area contributed by atoms with Crippen molar-refractivity contribution < 1.29 is 19.2 Å². The van der Waals surface area contributed by atoms with Crippen molar-refractivity contribution >= 4 is 23.6 Å². The van der Waals surface area contributed by atoms with E-state index in [1.165, 1.54) is 231 Å². The van der Waals surface area contributed by atoms with Crippen LogP contribution in [0.4, 0.5) is 0 Å². The Kier molecular flexibility index (Phi) is 63.4. The Hall–Kier alpha value is -2.28. The summed E-state index contributed by atoms with van der Waals surface area (Å²) in [5.41, 5.74) is 0. The van der Waals surface area contributed by atoms with E-state index in [0.29, 0.717) is 45.3 Å². The number of rotatable bonds is 67. The molecule has 5 N–H and O–H groups in total. The van der Waals surface area contributed by atoms with E-state index in [2.05, 4.69) is 75.9 Å². The maximum Gasteiger partial charge on any atom is 0.221 e. The molecule has 0 aromatic heterocycles. The van der Waals surface area contributed by atoms with Gasteiger partial charge in [-0.1, -0.05) is 266 Å². The fourth-order valence-corrected chi connectivity index (χ4v) is 11.0. The van der Waals surface area contributed by atoms with E-state index in [1.54, 1.807) is 0 Å². The minimum absolute atomic E-state index is 0.0968. The van der Waals surface area contributed by atoms with Crippen LogP contribution in [0.15, 0.2) is 0 Å². The molecule has 480 valence electrons. The van der Waals surface area contributed by atoms with Gasteiger partial charge in [0.15, 0.2) is 0 Å². The van der Waals surface area contributed by atoms with E-state index in [4.69, 9.17) is 0 Å². The molecular formula is C69H140N8O4. The molecule has 0 saturated carbocycles. The predicted molar refractivity (Wildman–Crippen MR) is 350 cm³/mol. The summed E-state index contributed by atoms with van der Waals surface area (Å²) in [7, 11) is 0. The molecule has 81 heavy (non-hydrogen) atoms. The molecule has 0 aliphatic rings. The zero-order valence-electron chi connectivity index (χ0n) is 54.9. The molecule has 0 aromatic carbocycles. The lowest BCUT2D eigenvalue weighted by atomic mass is 10.1. The summed E-state index contributed by atoms with van der Waals surface area (Å²) in [5, 5.41) is 16.4. The standard InChI is InChI=1S/C69H140N8O4/c1-6-11-15-19-23-27-31-35-39-43-51-71-66(78)47-58-75(57-10-5)64-65-77(61-50-69(81)74-54-46-42-38-34-30-26-22-18-14-9-4)63-56-70-55-62-76(59-48-67(79)72-52-44-40-36-32-28-24-20-16-12-7-2)60-49-68(80)73-53-45-41-37-33-29-25-21-17-13-8-3/h70H,6-65H2,1-5H3,(H,71,78)(H,72,79)(H,73,80)(H,74,81). The average molecular weight is 1150 g/mol. The Morgan fingerprint density at radius 3 is 0.630 bits per heavy atom. The summed E-state index contributed by atoms with van der Waals surface area (Å²) < 4.78 is 0. The summed E-state index contributed by atoms with van der Waals surface area (Å²) in [5.74, 6) is 0.472. The molecule has 0 spiro atoms. The van der Waals surface area contributed by atoms with E-state index >= 15 is 0 Å². The topological polar surface area (TPSA) is 138 Å². The van der Waals surface area contributed by atoms with Gasteiger partial charge in [-0.15, -0.1) is 0 Å². The molecule has 0 aromatic rings. The Labute approximate surface area is 503 Å². The van der Waals surface area contributed by atoms with Gasteiger partial charge in [0, 0.05) is 117 Å². The molecule has 0 fully saturated rings. The highest BCUT2D eigenvalue weighted by Crippen LogP contribution is 2.14. The van der Waals surface area contributed by atoms with Crippen LogP contribution in [0.1, 0.15) is 324 Å². The van der Waals surface area contributed by atoms with Gasteiger partial charge in [0.05, 0.1) is 0 Å². The van der Waals surface area contributed by atoms with Crippen molar-refractivity contribution in [2.75, 3.05) is 98.2 Å². The average Bonchev–Trinajstić information content (AvgIpc) is 3.46. The lowest BCUT2D eigenvalue weighted by Gasteiger charge is -2.28. The van der Waals surface area contributed by atoms with E-state index in [0.717, 1.165) is 111 Å². The molecule has 0 aliphatic heterocycles. The van der Waals surface area contributed by atoms with Crippen LogP contribution in [0.3, 0.4) is 0 Å². The van der Waals surface area contributed by atoms with Gasteiger partial charge in [0.25, 0.3) is 0 Å². The van der Waals surface area contributed by atoms with Crippen LogP contribution in [-0.4, -0.2) is 136 Å². The fraction of sp³-hybridized carbons (Fsp3) is 0.942. The maximum absolute atomic E-state index is 13.2. The molecule has 0 radical (unpaired) electrons. The summed E-state index contributed by atoms with van der Waals surface area (Å²) in [6, 6.07) is 0. The predicted octanol–water partition coefficient (Wildman–Crippen LogP) is 15.6. The lowest BCUT2D eigenvalue weighted by Crippen LogP contribution is -2.42. The minimum Gasteiger partial charge on any atom is -0.356 e. The van der Waals surface area contributed by atoms with Crippen molar-refractivity contribution in [2.24, 2.45) is 0 Å². The van der Waals surface area contributed by atoms with Crippen LogP contribution in [0.2, 0.25) is 0 Å². The summed E-state index contributed by atoms with van der Waals surface area (Å²) in [6.07, 6.45) is 54.2. The van der Waals surface area contributed by atoms with Crippen LogP contribution >= 0.6 is 0 Å². The van der Waals surface area contributed by atoms with Crippen LogP contribution in [0, 0.1) is 0 Å². The Morgan fingerprint density at radius 2 is 0.407 bits per heavy atom. The number of hydrogen-bond donors (Lipinski definition) is 5. The summed E-state index contributed by atoms with van der Waals surface area (Å²) in [4.78, 5) is 59.3. The number of nitrogens with one attached hydrogen (secondary N) is 5. The highest BCUT2D eigenvalue weighted by molar-refractivity contribution is 5.77. The monoisotopic (exact) mass is 1150 g/mol. The first-order valence-corrected chi connectivity index (χ1v) is 35.7. The first-order valence-electron chi connectivity index (χ1n) is 35.7. The van der Waals surface area contributed by atoms with Crippen molar-refractivity contribution in [3.63, 3.8) is 0 Å². The van der Waals surface area contributed by atoms with Crippen LogP contribution in [0.25, 0.3) is 0 Å². The van der Waals surface area contributed by atoms with Gasteiger partial charge in [0.1, 0.15) is 0 Å². The molecular weight excluding hydrogens is 1000 g/mol. The molecule has 12 heteroatoms. The van der Waals surface area contributed by atoms with E-state index in [1.807, 2.05) is 0 Å². The lowest BCUT2D eigenvalue weighted by molar-refractivity contribution is -0.122. The first kappa shape index (κ1) is 78.7. The molecule has 0 bridgehead atoms. The summed E-state index contributed by atoms with van der Waals surface area (Å²) >= 11 is 0. The van der Waals surface area contributed by atoms with Gasteiger partial charge in [-0.2, -0.15) is 0 Å². The van der Waals surface area contributed by atoms with Gasteiger partial charge in [0.2, 0.25) is 23.6 Å². The third-order valence-corrected chi connectivity index (χ3v) is 16.5. The van der Waals surface area contributed by atoms with Crippen molar-refractivity contribution in [1.29, 1.82) is 0 Å². The molecule has 12 nitrogen and oxygen atoms in total. The molecule has 0 rings (SSSR count). The largest absolute Gasteiger partial charge is 0.356 e. The maximum atomic E-state index is 13.2. The molecule has 0 unspecified atom stereocenters. The van der Waals surface area contributed by atoms with Gasteiger partial charge in [-0.05, 0) is 38.6 Å². The van der Waals surface area contributed by atoms with Crippen LogP contribution in [-0.2, 0) is 19.2 Å².